The number of nitrogens with one attached hydrogen (secondary N) is 1. The molecule has 0 aliphatic carbocycles. The zero-order valence-electron chi connectivity index (χ0n) is 10.4. The van der Waals surface area contributed by atoms with Gasteiger partial charge in [-0.25, -0.2) is 0 Å². The number of nitrogens with zero attached hydrogens (tertiary/aromatic N) is 1. The Morgan fingerprint density at radius 3 is 2.76 bits per heavy atom. The number of likely N-dealkylation sites (N-methyl/N-ethyl adjacent to an activating group) is 1. The molecular formula is C11H18N2O4. The molecule has 0 aromatic carbocycles. The van der Waals surface area contributed by atoms with E-state index in [1.807, 2.05) is 6.92 Å². The number of esters is 1. The Morgan fingerprint density at radius 1 is 1.59 bits per heavy atom. The standard InChI is InChI=1S/C11H18N2O4/c1-4-7(11(16)17-3)12-8-5-6-9(14)13(2)10(8)15/h7-8,12H,4-6H2,1-3H3. The first-order valence-electron chi connectivity index (χ1n) is 5.65. The highest BCUT2D eigenvalue weighted by Gasteiger charge is 2.34. The van der Waals surface area contributed by atoms with Crippen molar-refractivity contribution in [3.8, 4) is 0 Å². The van der Waals surface area contributed by atoms with Gasteiger partial charge in [-0.1, -0.05) is 6.92 Å². The van der Waals surface area contributed by atoms with Gasteiger partial charge in [0, 0.05) is 13.5 Å². The summed E-state index contributed by atoms with van der Waals surface area (Å²) in [6.45, 7) is 1.83. The fourth-order valence-electron chi connectivity index (χ4n) is 1.81. The van der Waals surface area contributed by atoms with Crippen molar-refractivity contribution in [1.29, 1.82) is 0 Å². The average molecular weight is 242 g/mol. The SMILES string of the molecule is CCC(NC1CCC(=O)N(C)C1=O)C(=O)OC. The third-order valence-electron chi connectivity index (χ3n) is 2.95. The number of imide groups is 1. The van der Waals surface area contributed by atoms with Crippen LogP contribution in [0.25, 0.3) is 0 Å². The molecule has 0 radical (unpaired) electrons. The predicted molar refractivity (Wildman–Crippen MR) is 60.0 cm³/mol. The number of hydrogen-bond donors (Lipinski definition) is 1. The van der Waals surface area contributed by atoms with Crippen molar-refractivity contribution in [3.63, 3.8) is 0 Å². The fraction of sp³-hybridized carbons (Fsp3) is 0.727. The molecule has 96 valence electrons. The van der Waals surface area contributed by atoms with Crippen LogP contribution in [0.5, 0.6) is 0 Å². The van der Waals surface area contributed by atoms with Gasteiger partial charge in [0.15, 0.2) is 0 Å². The number of carbonyl (C=O) groups is 3. The van der Waals surface area contributed by atoms with Gasteiger partial charge in [-0.05, 0) is 12.8 Å². The second kappa shape index (κ2) is 5.77. The van der Waals surface area contributed by atoms with E-state index in [0.29, 0.717) is 19.3 Å². The highest BCUT2D eigenvalue weighted by molar-refractivity contribution is 6.00. The number of piperidine rings is 1. The number of hydrogen-bond acceptors (Lipinski definition) is 5. The van der Waals surface area contributed by atoms with Crippen LogP contribution in [0.15, 0.2) is 0 Å². The van der Waals surface area contributed by atoms with Crippen LogP contribution in [0.3, 0.4) is 0 Å². The van der Waals surface area contributed by atoms with Gasteiger partial charge >= 0.3 is 5.97 Å². The first-order valence-corrected chi connectivity index (χ1v) is 5.65. The van der Waals surface area contributed by atoms with E-state index in [4.69, 9.17) is 0 Å². The minimum atomic E-state index is -0.504. The monoisotopic (exact) mass is 242 g/mol. The van der Waals surface area contributed by atoms with Crippen LogP contribution < -0.4 is 5.32 Å². The van der Waals surface area contributed by atoms with Gasteiger partial charge in [-0.3, -0.25) is 24.6 Å². The molecule has 1 fully saturated rings. The van der Waals surface area contributed by atoms with Crippen molar-refractivity contribution in [2.75, 3.05) is 14.2 Å². The van der Waals surface area contributed by atoms with Gasteiger partial charge in [0.1, 0.15) is 6.04 Å². The second-order valence-electron chi connectivity index (χ2n) is 4.03. The van der Waals surface area contributed by atoms with E-state index >= 15 is 0 Å². The molecule has 0 spiro atoms. The Balaban J connectivity index is 2.64. The van der Waals surface area contributed by atoms with Crippen LogP contribution in [0, 0.1) is 0 Å². The summed E-state index contributed by atoms with van der Waals surface area (Å²) in [5.41, 5.74) is 0. The predicted octanol–water partition coefficient (Wildman–Crippen LogP) is -0.325. The molecule has 0 aromatic heterocycles. The topological polar surface area (TPSA) is 75.7 Å². The molecule has 2 atom stereocenters. The molecule has 1 aliphatic rings. The maximum atomic E-state index is 11.8. The highest BCUT2D eigenvalue weighted by atomic mass is 16.5. The van der Waals surface area contributed by atoms with Gasteiger partial charge < -0.3 is 4.74 Å². The van der Waals surface area contributed by atoms with Crippen LogP contribution in [-0.2, 0) is 19.1 Å². The summed E-state index contributed by atoms with van der Waals surface area (Å²) in [6.07, 6.45) is 1.28. The summed E-state index contributed by atoms with van der Waals surface area (Å²) in [7, 11) is 2.77. The molecule has 0 aromatic rings. The van der Waals surface area contributed by atoms with Crippen LogP contribution >= 0.6 is 0 Å². The van der Waals surface area contributed by atoms with Crippen LogP contribution in [0.2, 0.25) is 0 Å². The van der Waals surface area contributed by atoms with Crippen molar-refractivity contribution >= 4 is 17.8 Å². The Labute approximate surface area is 100 Å². The highest BCUT2D eigenvalue weighted by Crippen LogP contribution is 2.12. The fourth-order valence-corrected chi connectivity index (χ4v) is 1.81. The molecule has 2 amide bonds. The summed E-state index contributed by atoms with van der Waals surface area (Å²) in [5.74, 6) is -0.859. The minimum Gasteiger partial charge on any atom is -0.468 e. The smallest absolute Gasteiger partial charge is 0.322 e. The molecule has 1 aliphatic heterocycles. The molecule has 17 heavy (non-hydrogen) atoms. The van der Waals surface area contributed by atoms with Gasteiger partial charge in [0.05, 0.1) is 13.2 Å². The molecule has 6 nitrogen and oxygen atoms in total. The average Bonchev–Trinajstić information content (AvgIpc) is 2.34. The van der Waals surface area contributed by atoms with E-state index < -0.39 is 12.1 Å². The summed E-state index contributed by atoms with van der Waals surface area (Å²) in [6, 6.07) is -0.989. The number of ether oxygens (including phenoxy) is 1. The maximum absolute atomic E-state index is 11.8. The normalized spacial score (nSPS) is 22.5. The molecule has 0 bridgehead atoms. The lowest BCUT2D eigenvalue weighted by molar-refractivity contribution is -0.149. The van der Waals surface area contributed by atoms with E-state index in [2.05, 4.69) is 10.1 Å². The lowest BCUT2D eigenvalue weighted by Gasteiger charge is -2.30. The number of carbonyl (C=O) groups excluding carboxylic acids is 3. The molecule has 1 saturated heterocycles. The van der Waals surface area contributed by atoms with Gasteiger partial charge in [-0.15, -0.1) is 0 Å². The largest absolute Gasteiger partial charge is 0.468 e. The van der Waals surface area contributed by atoms with Crippen molar-refractivity contribution < 1.29 is 19.1 Å². The van der Waals surface area contributed by atoms with E-state index in [9.17, 15) is 14.4 Å². The van der Waals surface area contributed by atoms with Crippen LogP contribution in [-0.4, -0.2) is 48.9 Å². The molecular weight excluding hydrogens is 224 g/mol. The zero-order valence-corrected chi connectivity index (χ0v) is 10.4. The lowest BCUT2D eigenvalue weighted by atomic mass is 10.0. The van der Waals surface area contributed by atoms with E-state index in [1.54, 1.807) is 0 Å². The van der Waals surface area contributed by atoms with Crippen molar-refractivity contribution in [2.24, 2.45) is 0 Å². The molecule has 1 heterocycles. The number of methoxy groups -OCH3 is 1. The second-order valence-corrected chi connectivity index (χ2v) is 4.03. The molecule has 0 saturated carbocycles. The number of likely N-dealkylation sites (tertiary alicyclic amines) is 1. The van der Waals surface area contributed by atoms with E-state index in [1.165, 1.54) is 14.2 Å². The summed E-state index contributed by atoms with van der Waals surface area (Å²) in [4.78, 5) is 35.6. The van der Waals surface area contributed by atoms with Gasteiger partial charge in [-0.2, -0.15) is 0 Å². The zero-order chi connectivity index (χ0) is 13.0. The minimum absolute atomic E-state index is 0.181. The Bertz CT molecular complexity index is 329. The summed E-state index contributed by atoms with van der Waals surface area (Å²) >= 11 is 0. The molecule has 6 heteroatoms. The third kappa shape index (κ3) is 3.03. The third-order valence-corrected chi connectivity index (χ3v) is 2.95. The Hall–Kier alpha value is -1.43. The van der Waals surface area contributed by atoms with E-state index in [-0.39, 0.29) is 17.8 Å². The van der Waals surface area contributed by atoms with Crippen LogP contribution in [0.1, 0.15) is 26.2 Å². The number of amides is 2. The van der Waals surface area contributed by atoms with Gasteiger partial charge in [0.2, 0.25) is 11.8 Å². The lowest BCUT2D eigenvalue weighted by Crippen LogP contribution is -2.55. The summed E-state index contributed by atoms with van der Waals surface area (Å²) in [5, 5.41) is 2.94. The molecule has 1 N–H and O–H groups in total. The molecule has 2 unspecified atom stereocenters. The van der Waals surface area contributed by atoms with Crippen molar-refractivity contribution in [1.82, 2.24) is 10.2 Å². The first kappa shape index (κ1) is 13.6. The Kier molecular flexibility index (Phi) is 4.62. The van der Waals surface area contributed by atoms with Crippen molar-refractivity contribution in [2.45, 2.75) is 38.3 Å². The summed E-state index contributed by atoms with van der Waals surface area (Å²) < 4.78 is 4.63. The maximum Gasteiger partial charge on any atom is 0.322 e. The quantitative estimate of drug-likeness (QED) is 0.540. The van der Waals surface area contributed by atoms with Gasteiger partial charge in [0.25, 0.3) is 0 Å². The van der Waals surface area contributed by atoms with E-state index in [0.717, 1.165) is 4.90 Å². The van der Waals surface area contributed by atoms with Crippen molar-refractivity contribution in [3.05, 3.63) is 0 Å². The first-order chi connectivity index (χ1) is 8.01. The van der Waals surface area contributed by atoms with Crippen LogP contribution in [0.4, 0.5) is 0 Å². The Morgan fingerprint density at radius 2 is 2.24 bits per heavy atom. The molecule has 1 rings (SSSR count). The number of rotatable bonds is 4.